The van der Waals surface area contributed by atoms with E-state index in [0.717, 1.165) is 11.1 Å². The van der Waals surface area contributed by atoms with Gasteiger partial charge in [-0.1, -0.05) is 37.3 Å². The Labute approximate surface area is 184 Å². The van der Waals surface area contributed by atoms with Gasteiger partial charge in [0.2, 0.25) is 16.0 Å². The fourth-order valence-electron chi connectivity index (χ4n) is 2.85. The highest BCUT2D eigenvalue weighted by molar-refractivity contribution is 7.90. The van der Waals surface area contributed by atoms with Gasteiger partial charge in [-0.15, -0.1) is 10.2 Å². The monoisotopic (exact) mass is 466 g/mol. The molecule has 0 aliphatic heterocycles. The second-order valence-electron chi connectivity index (χ2n) is 7.24. The summed E-state index contributed by atoms with van der Waals surface area (Å²) in [6.45, 7) is 2.08. The average molecular weight is 467 g/mol. The van der Waals surface area contributed by atoms with Crippen LogP contribution >= 0.6 is 0 Å². The molecular formula is C20H24F2N6O3S. The Bertz CT molecular complexity index is 1130. The van der Waals surface area contributed by atoms with Crippen molar-refractivity contribution in [3.63, 3.8) is 0 Å². The second-order valence-corrected chi connectivity index (χ2v) is 9.29. The Hall–Kier alpha value is -2.99. The first-order chi connectivity index (χ1) is 14.8. The van der Waals surface area contributed by atoms with Crippen molar-refractivity contribution in [1.29, 1.82) is 0 Å². The average Bonchev–Trinajstić information content (AvgIpc) is 3.50. The van der Waals surface area contributed by atoms with Crippen LogP contribution in [0.25, 0.3) is 11.5 Å². The highest BCUT2D eigenvalue weighted by Crippen LogP contribution is 2.28. The smallest absolute Gasteiger partial charge is 0.314 e. The number of alkyl halides is 2. The zero-order valence-electron chi connectivity index (χ0n) is 16.5. The molecule has 32 heavy (non-hydrogen) atoms. The van der Waals surface area contributed by atoms with E-state index >= 15 is 0 Å². The van der Waals surface area contributed by atoms with Crippen LogP contribution in [0.15, 0.2) is 41.1 Å². The van der Waals surface area contributed by atoms with E-state index in [1.807, 2.05) is 31.2 Å². The lowest BCUT2D eigenvalue weighted by atomic mass is 10.1. The number of nitrogens with one attached hydrogen (secondary N) is 2. The van der Waals surface area contributed by atoms with Crippen LogP contribution in [0.5, 0.6) is 0 Å². The number of anilines is 1. The van der Waals surface area contributed by atoms with Gasteiger partial charge in [-0.25, -0.2) is 23.1 Å². The largest absolute Gasteiger partial charge is 0.415 e. The molecule has 2 heterocycles. The standard InChI is InChI=1S/C19H20F2N6O3S.CH4/c1-11-2-4-12(5-3-11)15(10-24-31(28,29)14-6-7-14)25-19-22-8-13(9-23-19)17-26-27-18(30-17)16(20)21;/h2-5,8-9,14-16,24H,6-7,10H2,1H3,(H,22,23,25);1H4. The number of sulfonamides is 1. The van der Waals surface area contributed by atoms with Crippen molar-refractivity contribution in [2.24, 2.45) is 0 Å². The number of halogens is 2. The number of aryl methyl sites for hydroxylation is 1. The molecule has 0 radical (unpaired) electrons. The Morgan fingerprint density at radius 3 is 2.34 bits per heavy atom. The molecule has 2 aromatic heterocycles. The molecule has 9 nitrogen and oxygen atoms in total. The molecule has 1 atom stereocenters. The van der Waals surface area contributed by atoms with Crippen LogP contribution in [0, 0.1) is 6.92 Å². The number of rotatable bonds is 9. The summed E-state index contributed by atoms with van der Waals surface area (Å²) in [4.78, 5) is 8.34. The maximum atomic E-state index is 12.6. The van der Waals surface area contributed by atoms with Gasteiger partial charge in [-0.05, 0) is 25.3 Å². The Balaban J connectivity index is 0.00000289. The van der Waals surface area contributed by atoms with E-state index in [9.17, 15) is 17.2 Å². The van der Waals surface area contributed by atoms with Gasteiger partial charge in [0.15, 0.2) is 0 Å². The lowest BCUT2D eigenvalue weighted by Gasteiger charge is -2.20. The van der Waals surface area contributed by atoms with Crippen molar-refractivity contribution < 1.29 is 21.6 Å². The Kier molecular flexibility index (Phi) is 7.14. The summed E-state index contributed by atoms with van der Waals surface area (Å²) >= 11 is 0. The van der Waals surface area contributed by atoms with Crippen molar-refractivity contribution in [2.45, 2.75) is 44.9 Å². The third-order valence-electron chi connectivity index (χ3n) is 4.76. The highest BCUT2D eigenvalue weighted by atomic mass is 32.2. The van der Waals surface area contributed by atoms with Crippen molar-refractivity contribution in [3.8, 4) is 11.5 Å². The SMILES string of the molecule is C.Cc1ccc(C(CNS(=O)(=O)C2CC2)Nc2ncc(-c3nnc(C(F)F)o3)cn2)cc1. The fourth-order valence-corrected chi connectivity index (χ4v) is 4.25. The molecular weight excluding hydrogens is 442 g/mol. The first kappa shape index (κ1) is 23.7. The van der Waals surface area contributed by atoms with Gasteiger partial charge < -0.3 is 9.73 Å². The Morgan fingerprint density at radius 1 is 1.12 bits per heavy atom. The molecule has 1 fully saturated rings. The van der Waals surface area contributed by atoms with Gasteiger partial charge in [0.05, 0.1) is 16.9 Å². The summed E-state index contributed by atoms with van der Waals surface area (Å²) in [5.74, 6) is -0.665. The van der Waals surface area contributed by atoms with Crippen LogP contribution in [0.4, 0.5) is 14.7 Å². The van der Waals surface area contributed by atoms with Crippen LogP contribution in [0.2, 0.25) is 0 Å². The van der Waals surface area contributed by atoms with E-state index in [1.54, 1.807) is 0 Å². The first-order valence-corrected chi connectivity index (χ1v) is 11.1. The quantitative estimate of drug-likeness (QED) is 0.490. The molecule has 3 aromatic rings. The van der Waals surface area contributed by atoms with E-state index in [-0.39, 0.29) is 36.6 Å². The summed E-state index contributed by atoms with van der Waals surface area (Å²) in [6.07, 6.45) is 1.20. The molecule has 0 amide bonds. The topological polar surface area (TPSA) is 123 Å². The highest BCUT2D eigenvalue weighted by Gasteiger charge is 2.35. The van der Waals surface area contributed by atoms with E-state index < -0.39 is 28.4 Å². The maximum absolute atomic E-state index is 12.6. The van der Waals surface area contributed by atoms with Crippen molar-refractivity contribution in [1.82, 2.24) is 24.9 Å². The third kappa shape index (κ3) is 5.62. The van der Waals surface area contributed by atoms with Crippen molar-refractivity contribution in [3.05, 3.63) is 53.7 Å². The number of aromatic nitrogens is 4. The number of benzene rings is 1. The lowest BCUT2D eigenvalue weighted by molar-refractivity contribution is 0.116. The maximum Gasteiger partial charge on any atom is 0.314 e. The fraction of sp³-hybridized carbons (Fsp3) is 0.400. The summed E-state index contributed by atoms with van der Waals surface area (Å²) < 4.78 is 57.2. The molecule has 1 unspecified atom stereocenters. The molecule has 12 heteroatoms. The number of hydrogen-bond acceptors (Lipinski definition) is 8. The summed E-state index contributed by atoms with van der Waals surface area (Å²) in [7, 11) is -3.36. The predicted molar refractivity (Wildman–Crippen MR) is 114 cm³/mol. The number of nitrogens with zero attached hydrogens (tertiary/aromatic N) is 4. The molecule has 0 bridgehead atoms. The summed E-state index contributed by atoms with van der Waals surface area (Å²) in [6, 6.07) is 7.24. The van der Waals surface area contributed by atoms with E-state index in [2.05, 4.69) is 30.2 Å². The van der Waals surface area contributed by atoms with Crippen LogP contribution in [-0.2, 0) is 10.0 Å². The van der Waals surface area contributed by atoms with Gasteiger partial charge in [-0.3, -0.25) is 0 Å². The third-order valence-corrected chi connectivity index (χ3v) is 6.68. The van der Waals surface area contributed by atoms with Gasteiger partial charge >= 0.3 is 6.43 Å². The predicted octanol–water partition coefficient (Wildman–Crippen LogP) is 3.64. The van der Waals surface area contributed by atoms with E-state index in [4.69, 9.17) is 4.42 Å². The van der Waals surface area contributed by atoms with Crippen molar-refractivity contribution >= 4 is 16.0 Å². The van der Waals surface area contributed by atoms with Crippen LogP contribution in [0.1, 0.15) is 49.8 Å². The van der Waals surface area contributed by atoms with Crippen LogP contribution < -0.4 is 10.0 Å². The van der Waals surface area contributed by atoms with E-state index in [0.29, 0.717) is 12.8 Å². The lowest BCUT2D eigenvalue weighted by Crippen LogP contribution is -2.34. The normalized spacial score (nSPS) is 14.8. The molecule has 4 rings (SSSR count). The molecule has 172 valence electrons. The first-order valence-electron chi connectivity index (χ1n) is 9.57. The van der Waals surface area contributed by atoms with Gasteiger partial charge in [0.25, 0.3) is 11.8 Å². The zero-order chi connectivity index (χ0) is 22.0. The molecule has 1 saturated carbocycles. The van der Waals surface area contributed by atoms with Crippen LogP contribution in [-0.4, -0.2) is 40.4 Å². The minimum atomic E-state index is -3.36. The number of hydrogen-bond donors (Lipinski definition) is 2. The molecule has 0 saturated heterocycles. The zero-order valence-corrected chi connectivity index (χ0v) is 17.3. The minimum Gasteiger partial charge on any atom is -0.415 e. The minimum absolute atomic E-state index is 0. The summed E-state index contributed by atoms with van der Waals surface area (Å²) in [5, 5.41) is 9.62. The Morgan fingerprint density at radius 2 is 1.78 bits per heavy atom. The molecule has 0 spiro atoms. The molecule has 2 N–H and O–H groups in total. The molecule has 1 aliphatic carbocycles. The van der Waals surface area contributed by atoms with Crippen LogP contribution in [0.3, 0.4) is 0 Å². The second kappa shape index (κ2) is 9.65. The summed E-state index contributed by atoms with van der Waals surface area (Å²) in [5.41, 5.74) is 2.21. The van der Waals surface area contributed by atoms with Gasteiger partial charge in [0, 0.05) is 18.9 Å². The van der Waals surface area contributed by atoms with Crippen molar-refractivity contribution in [2.75, 3.05) is 11.9 Å². The molecule has 1 aliphatic rings. The van der Waals surface area contributed by atoms with Gasteiger partial charge in [-0.2, -0.15) is 8.78 Å². The van der Waals surface area contributed by atoms with E-state index in [1.165, 1.54) is 12.4 Å². The molecule has 1 aromatic carbocycles. The van der Waals surface area contributed by atoms with Gasteiger partial charge in [0.1, 0.15) is 0 Å².